The Morgan fingerprint density at radius 3 is 2.74 bits per heavy atom. The van der Waals surface area contributed by atoms with Gasteiger partial charge in [0.1, 0.15) is 18.1 Å². The van der Waals surface area contributed by atoms with Gasteiger partial charge in [-0.15, -0.1) is 0 Å². The Labute approximate surface area is 161 Å². The van der Waals surface area contributed by atoms with Crippen LogP contribution in [0.5, 0.6) is 11.5 Å². The number of hydrogen-bond donors (Lipinski definition) is 1. The Morgan fingerprint density at radius 2 is 1.96 bits per heavy atom. The van der Waals surface area contributed by atoms with Gasteiger partial charge in [-0.25, -0.2) is 0 Å². The number of hydrogen-bond acceptors (Lipinski definition) is 3. The van der Waals surface area contributed by atoms with Crippen molar-refractivity contribution >= 4 is 11.6 Å². The molecular formula is C23H27NO3. The first-order valence-corrected chi connectivity index (χ1v) is 9.62. The molecule has 1 amide bonds. The van der Waals surface area contributed by atoms with Crippen molar-refractivity contribution in [2.75, 3.05) is 11.9 Å². The second-order valence-electron chi connectivity index (χ2n) is 6.77. The Kier molecular flexibility index (Phi) is 6.53. The summed E-state index contributed by atoms with van der Waals surface area (Å²) in [5.41, 5.74) is 3.44. The molecule has 0 fully saturated rings. The number of nitrogens with one attached hydrogen (secondary N) is 1. The number of anilines is 1. The van der Waals surface area contributed by atoms with Gasteiger partial charge in [0, 0.05) is 11.8 Å². The molecule has 1 aliphatic carbocycles. The van der Waals surface area contributed by atoms with Crippen molar-refractivity contribution in [3.05, 3.63) is 66.2 Å². The van der Waals surface area contributed by atoms with Crippen molar-refractivity contribution in [1.29, 1.82) is 0 Å². The minimum absolute atomic E-state index is 0.156. The van der Waals surface area contributed by atoms with Crippen LogP contribution >= 0.6 is 0 Å². The van der Waals surface area contributed by atoms with Crippen molar-refractivity contribution in [2.24, 2.45) is 0 Å². The van der Waals surface area contributed by atoms with Crippen LogP contribution in [0.15, 0.2) is 55.1 Å². The van der Waals surface area contributed by atoms with Gasteiger partial charge in [-0.05, 0) is 67.5 Å². The lowest BCUT2D eigenvalue weighted by molar-refractivity contribution is -0.122. The fourth-order valence-electron chi connectivity index (χ4n) is 3.31. The van der Waals surface area contributed by atoms with Crippen molar-refractivity contribution < 1.29 is 14.3 Å². The molecule has 0 radical (unpaired) electrons. The van der Waals surface area contributed by atoms with Crippen molar-refractivity contribution in [2.45, 2.75) is 45.1 Å². The molecule has 3 rings (SSSR count). The summed E-state index contributed by atoms with van der Waals surface area (Å²) >= 11 is 0. The maximum atomic E-state index is 12.7. The molecule has 0 aromatic heterocycles. The molecule has 142 valence electrons. The summed E-state index contributed by atoms with van der Waals surface area (Å²) < 4.78 is 11.5. The zero-order valence-corrected chi connectivity index (χ0v) is 15.9. The molecule has 0 heterocycles. The van der Waals surface area contributed by atoms with Gasteiger partial charge < -0.3 is 14.8 Å². The van der Waals surface area contributed by atoms with E-state index < -0.39 is 6.10 Å². The van der Waals surface area contributed by atoms with Crippen LogP contribution in [0.1, 0.15) is 37.3 Å². The predicted octanol–water partition coefficient (Wildman–Crippen LogP) is 4.93. The Hall–Kier alpha value is -2.75. The highest BCUT2D eigenvalue weighted by molar-refractivity contribution is 5.94. The van der Waals surface area contributed by atoms with Crippen molar-refractivity contribution in [1.82, 2.24) is 0 Å². The number of amides is 1. The van der Waals surface area contributed by atoms with Gasteiger partial charge in [0.15, 0.2) is 6.10 Å². The van der Waals surface area contributed by atoms with E-state index in [4.69, 9.17) is 9.47 Å². The molecule has 1 atom stereocenters. The minimum Gasteiger partial charge on any atom is -0.489 e. The second-order valence-corrected chi connectivity index (χ2v) is 6.77. The highest BCUT2D eigenvalue weighted by Gasteiger charge is 2.20. The van der Waals surface area contributed by atoms with Crippen LogP contribution in [0.25, 0.3) is 0 Å². The van der Waals surface area contributed by atoms with Gasteiger partial charge in [0.05, 0.1) is 0 Å². The first-order chi connectivity index (χ1) is 13.2. The number of rotatable bonds is 8. The van der Waals surface area contributed by atoms with Crippen LogP contribution in [0.2, 0.25) is 0 Å². The maximum Gasteiger partial charge on any atom is 0.265 e. The van der Waals surface area contributed by atoms with E-state index in [0.717, 1.165) is 18.6 Å². The Bertz CT molecular complexity index is 800. The standard InChI is InChI=1S/C23H27NO3/c1-3-14-26-20-11-7-10-19(16-20)24-23(25)22(4-2)27-21-13-12-17-8-5-6-9-18(17)15-21/h3,7,10-13,15-16,22H,1,4-6,8-9,14H2,2H3,(H,24,25). The molecule has 1 aliphatic rings. The summed E-state index contributed by atoms with van der Waals surface area (Å²) in [6, 6.07) is 13.5. The third-order valence-electron chi connectivity index (χ3n) is 4.73. The van der Waals surface area contributed by atoms with Crippen LogP contribution in [-0.4, -0.2) is 18.6 Å². The minimum atomic E-state index is -0.538. The average molecular weight is 365 g/mol. The smallest absolute Gasteiger partial charge is 0.265 e. The molecule has 2 aromatic carbocycles. The molecular weight excluding hydrogens is 338 g/mol. The molecule has 4 nitrogen and oxygen atoms in total. The molecule has 1 N–H and O–H groups in total. The summed E-state index contributed by atoms with van der Waals surface area (Å²) in [5.74, 6) is 1.30. The maximum absolute atomic E-state index is 12.7. The van der Waals surface area contributed by atoms with E-state index in [-0.39, 0.29) is 5.91 Å². The lowest BCUT2D eigenvalue weighted by Crippen LogP contribution is -2.32. The predicted molar refractivity (Wildman–Crippen MR) is 109 cm³/mol. The van der Waals surface area contributed by atoms with Gasteiger partial charge in [0.25, 0.3) is 5.91 Å². The molecule has 0 spiro atoms. The first-order valence-electron chi connectivity index (χ1n) is 9.62. The summed E-state index contributed by atoms with van der Waals surface area (Å²) in [4.78, 5) is 12.7. The highest BCUT2D eigenvalue weighted by atomic mass is 16.5. The number of carbonyl (C=O) groups is 1. The van der Waals surface area contributed by atoms with E-state index >= 15 is 0 Å². The number of aryl methyl sites for hydroxylation is 2. The number of carbonyl (C=O) groups excluding carboxylic acids is 1. The lowest BCUT2D eigenvalue weighted by Gasteiger charge is -2.20. The Balaban J connectivity index is 1.65. The van der Waals surface area contributed by atoms with E-state index in [1.807, 2.05) is 31.2 Å². The second kappa shape index (κ2) is 9.26. The molecule has 4 heteroatoms. The average Bonchev–Trinajstić information content (AvgIpc) is 2.70. The van der Waals surface area contributed by atoms with E-state index in [2.05, 4.69) is 24.0 Å². The SMILES string of the molecule is C=CCOc1cccc(NC(=O)C(CC)Oc2ccc3c(c2)CCCC3)c1. The van der Waals surface area contributed by atoms with Crippen molar-refractivity contribution in [3.63, 3.8) is 0 Å². The quantitative estimate of drug-likeness (QED) is 0.675. The van der Waals surface area contributed by atoms with E-state index in [9.17, 15) is 4.79 Å². The first kappa shape index (κ1) is 19.0. The highest BCUT2D eigenvalue weighted by Crippen LogP contribution is 2.26. The van der Waals surface area contributed by atoms with E-state index in [0.29, 0.717) is 24.5 Å². The van der Waals surface area contributed by atoms with Crippen LogP contribution in [0.4, 0.5) is 5.69 Å². The van der Waals surface area contributed by atoms with Gasteiger partial charge in [-0.1, -0.05) is 31.7 Å². The topological polar surface area (TPSA) is 47.6 Å². The summed E-state index contributed by atoms with van der Waals surface area (Å²) in [6.45, 7) is 6.01. The van der Waals surface area contributed by atoms with Crippen LogP contribution < -0.4 is 14.8 Å². The number of ether oxygens (including phenoxy) is 2. The van der Waals surface area contributed by atoms with E-state index in [1.54, 1.807) is 12.1 Å². The molecule has 27 heavy (non-hydrogen) atoms. The number of benzene rings is 2. The van der Waals surface area contributed by atoms with Crippen LogP contribution in [0, 0.1) is 0 Å². The van der Waals surface area contributed by atoms with Crippen LogP contribution in [0.3, 0.4) is 0 Å². The molecule has 2 aromatic rings. The number of fused-ring (bicyclic) bond motifs is 1. The monoisotopic (exact) mass is 365 g/mol. The van der Waals surface area contributed by atoms with Crippen LogP contribution in [-0.2, 0) is 17.6 Å². The summed E-state index contributed by atoms with van der Waals surface area (Å²) in [7, 11) is 0. The summed E-state index contributed by atoms with van der Waals surface area (Å²) in [6.07, 6.45) is 6.44. The molecule has 0 bridgehead atoms. The fraction of sp³-hybridized carbons (Fsp3) is 0.348. The zero-order chi connectivity index (χ0) is 19.1. The molecule has 0 aliphatic heterocycles. The van der Waals surface area contributed by atoms with Gasteiger partial charge in [-0.3, -0.25) is 4.79 Å². The molecule has 0 saturated heterocycles. The molecule has 1 unspecified atom stereocenters. The Morgan fingerprint density at radius 1 is 1.15 bits per heavy atom. The van der Waals surface area contributed by atoms with Crippen molar-refractivity contribution in [3.8, 4) is 11.5 Å². The third-order valence-corrected chi connectivity index (χ3v) is 4.73. The largest absolute Gasteiger partial charge is 0.489 e. The third kappa shape index (κ3) is 5.13. The zero-order valence-electron chi connectivity index (χ0n) is 15.9. The summed E-state index contributed by atoms with van der Waals surface area (Å²) in [5, 5.41) is 2.92. The normalized spacial score (nSPS) is 14.0. The molecule has 0 saturated carbocycles. The van der Waals surface area contributed by atoms with E-state index in [1.165, 1.54) is 24.0 Å². The lowest BCUT2D eigenvalue weighted by atomic mass is 9.92. The van der Waals surface area contributed by atoms with Gasteiger partial charge >= 0.3 is 0 Å². The van der Waals surface area contributed by atoms with Gasteiger partial charge in [-0.2, -0.15) is 0 Å². The fourth-order valence-corrected chi connectivity index (χ4v) is 3.31. The van der Waals surface area contributed by atoms with Gasteiger partial charge in [0.2, 0.25) is 0 Å².